The van der Waals surface area contributed by atoms with Gasteiger partial charge in [0.25, 0.3) is 5.56 Å². The van der Waals surface area contributed by atoms with Crippen LogP contribution in [0.1, 0.15) is 58.2 Å². The van der Waals surface area contributed by atoms with Gasteiger partial charge in [-0.2, -0.15) is 5.10 Å². The van der Waals surface area contributed by atoms with Gasteiger partial charge in [0.05, 0.1) is 12.4 Å². The van der Waals surface area contributed by atoms with E-state index in [2.05, 4.69) is 69.5 Å². The Morgan fingerprint density at radius 2 is 1.87 bits per heavy atom. The second kappa shape index (κ2) is 6.57. The Morgan fingerprint density at radius 3 is 2.39 bits per heavy atom. The minimum Gasteiger partial charge on any atom is -0.290 e. The molecule has 0 saturated heterocycles. The molecule has 0 bridgehead atoms. The fraction of sp³-hybridized carbons (Fsp3) is 0.556. The number of nitrogens with zero attached hydrogens (tertiary/aromatic N) is 2. The lowest BCUT2D eigenvalue weighted by Gasteiger charge is -2.31. The van der Waals surface area contributed by atoms with E-state index in [0.717, 1.165) is 5.69 Å². The van der Waals surface area contributed by atoms with Crippen LogP contribution in [0.5, 0.6) is 0 Å². The smallest absolute Gasteiger partial charge is 0.267 e. The minimum absolute atomic E-state index is 0.0517. The molecule has 2 aromatic heterocycles. The van der Waals surface area contributed by atoms with Crippen LogP contribution in [0, 0.1) is 5.41 Å². The van der Waals surface area contributed by atoms with Crippen LogP contribution < -0.4 is 10.9 Å². The molecule has 126 valence electrons. The van der Waals surface area contributed by atoms with E-state index in [0.29, 0.717) is 6.67 Å². The van der Waals surface area contributed by atoms with Gasteiger partial charge in [-0.1, -0.05) is 47.6 Å². The van der Waals surface area contributed by atoms with Crippen molar-refractivity contribution in [3.63, 3.8) is 0 Å². The summed E-state index contributed by atoms with van der Waals surface area (Å²) in [5, 5.41) is 10.1. The number of hydrogen-bond acceptors (Lipinski definition) is 4. The molecule has 5 heteroatoms. The molecule has 0 aliphatic rings. The highest BCUT2D eigenvalue weighted by atomic mass is 32.1. The molecule has 2 heterocycles. The van der Waals surface area contributed by atoms with E-state index in [1.54, 1.807) is 17.4 Å². The van der Waals surface area contributed by atoms with Gasteiger partial charge in [0.15, 0.2) is 0 Å². The Morgan fingerprint density at radius 1 is 1.17 bits per heavy atom. The molecule has 23 heavy (non-hydrogen) atoms. The van der Waals surface area contributed by atoms with Crippen molar-refractivity contribution in [3.8, 4) is 0 Å². The first kappa shape index (κ1) is 17.9. The van der Waals surface area contributed by atoms with E-state index in [9.17, 15) is 4.79 Å². The average Bonchev–Trinajstić information content (AvgIpc) is 2.91. The van der Waals surface area contributed by atoms with Crippen molar-refractivity contribution in [2.45, 2.75) is 59.7 Å². The van der Waals surface area contributed by atoms with Gasteiger partial charge in [-0.15, -0.1) is 11.3 Å². The predicted molar refractivity (Wildman–Crippen MR) is 96.8 cm³/mol. The topological polar surface area (TPSA) is 46.9 Å². The van der Waals surface area contributed by atoms with E-state index < -0.39 is 0 Å². The van der Waals surface area contributed by atoms with E-state index in [4.69, 9.17) is 0 Å². The summed E-state index contributed by atoms with van der Waals surface area (Å²) < 4.78 is 1.52. The van der Waals surface area contributed by atoms with Crippen LogP contribution in [0.2, 0.25) is 0 Å². The Kier molecular flexibility index (Phi) is 5.11. The van der Waals surface area contributed by atoms with Gasteiger partial charge in [0.2, 0.25) is 0 Å². The molecule has 0 amide bonds. The lowest BCUT2D eigenvalue weighted by Crippen LogP contribution is -2.37. The maximum atomic E-state index is 12.1. The molecular weight excluding hydrogens is 306 g/mol. The molecule has 0 spiro atoms. The summed E-state index contributed by atoms with van der Waals surface area (Å²) >= 11 is 1.73. The van der Waals surface area contributed by atoms with Crippen molar-refractivity contribution in [1.82, 2.24) is 15.1 Å². The van der Waals surface area contributed by atoms with Crippen LogP contribution in [-0.4, -0.2) is 9.78 Å². The summed E-state index contributed by atoms with van der Waals surface area (Å²) in [6.45, 7) is 13.3. The molecular formula is C18H27N3OS. The van der Waals surface area contributed by atoms with Crippen LogP contribution >= 0.6 is 11.3 Å². The zero-order valence-corrected chi connectivity index (χ0v) is 15.7. The molecule has 1 N–H and O–H groups in total. The first-order valence-electron chi connectivity index (χ1n) is 7.94. The van der Waals surface area contributed by atoms with E-state index in [-0.39, 0.29) is 22.4 Å². The summed E-state index contributed by atoms with van der Waals surface area (Å²) in [4.78, 5) is 13.4. The van der Waals surface area contributed by atoms with Crippen molar-refractivity contribution >= 4 is 11.3 Å². The first-order valence-corrected chi connectivity index (χ1v) is 8.82. The summed E-state index contributed by atoms with van der Waals surface area (Å²) in [7, 11) is 0. The van der Waals surface area contributed by atoms with Crippen LogP contribution in [-0.2, 0) is 12.1 Å². The number of hydrogen-bond donors (Lipinski definition) is 1. The quantitative estimate of drug-likeness (QED) is 0.922. The Hall–Kier alpha value is -1.46. The van der Waals surface area contributed by atoms with Crippen LogP contribution in [0.25, 0.3) is 0 Å². The maximum Gasteiger partial charge on any atom is 0.267 e. The van der Waals surface area contributed by atoms with Crippen molar-refractivity contribution in [2.75, 3.05) is 0 Å². The molecule has 0 radical (unpaired) electrons. The molecule has 2 aromatic rings. The second-order valence-corrected chi connectivity index (χ2v) is 8.96. The van der Waals surface area contributed by atoms with Crippen LogP contribution in [0.4, 0.5) is 0 Å². The number of nitrogens with one attached hydrogen (secondary N) is 1. The number of aromatic nitrogens is 2. The van der Waals surface area contributed by atoms with Gasteiger partial charge >= 0.3 is 0 Å². The molecule has 0 aliphatic heterocycles. The molecule has 4 nitrogen and oxygen atoms in total. The van der Waals surface area contributed by atoms with Gasteiger partial charge in [-0.3, -0.25) is 10.1 Å². The summed E-state index contributed by atoms with van der Waals surface area (Å²) in [5.74, 6) is 0. The first-order chi connectivity index (χ1) is 10.6. The van der Waals surface area contributed by atoms with Crippen molar-refractivity contribution in [3.05, 3.63) is 50.6 Å². The number of rotatable bonds is 4. The summed E-state index contributed by atoms with van der Waals surface area (Å²) in [6.07, 6.45) is 0. The fourth-order valence-electron chi connectivity index (χ4n) is 2.43. The highest BCUT2D eigenvalue weighted by Crippen LogP contribution is 2.35. The zero-order chi connectivity index (χ0) is 17.3. The highest BCUT2D eigenvalue weighted by Gasteiger charge is 2.27. The van der Waals surface area contributed by atoms with E-state index in [1.165, 1.54) is 9.56 Å². The van der Waals surface area contributed by atoms with Gasteiger partial charge < -0.3 is 0 Å². The van der Waals surface area contributed by atoms with E-state index in [1.807, 2.05) is 6.07 Å². The maximum absolute atomic E-state index is 12.1. The molecule has 2 rings (SSSR count). The minimum atomic E-state index is -0.0793. The molecule has 0 fully saturated rings. The molecule has 0 unspecified atom stereocenters. The monoisotopic (exact) mass is 333 g/mol. The van der Waals surface area contributed by atoms with Crippen LogP contribution in [0.3, 0.4) is 0 Å². The van der Waals surface area contributed by atoms with E-state index >= 15 is 0 Å². The van der Waals surface area contributed by atoms with Crippen LogP contribution in [0.15, 0.2) is 34.4 Å². The zero-order valence-electron chi connectivity index (χ0n) is 14.9. The van der Waals surface area contributed by atoms with Crippen molar-refractivity contribution < 1.29 is 0 Å². The fourth-order valence-corrected chi connectivity index (χ4v) is 3.47. The average molecular weight is 334 g/mol. The highest BCUT2D eigenvalue weighted by molar-refractivity contribution is 7.10. The van der Waals surface area contributed by atoms with Gasteiger partial charge in [-0.05, 0) is 22.9 Å². The summed E-state index contributed by atoms with van der Waals surface area (Å²) in [6, 6.07) is 7.79. The van der Waals surface area contributed by atoms with Crippen molar-refractivity contribution in [2.24, 2.45) is 5.41 Å². The Labute approximate surface area is 142 Å². The van der Waals surface area contributed by atoms with Gasteiger partial charge in [0, 0.05) is 22.4 Å². The lowest BCUT2D eigenvalue weighted by atomic mass is 9.86. The number of thiophene rings is 1. The largest absolute Gasteiger partial charge is 0.290 e. The summed E-state index contributed by atoms with van der Waals surface area (Å²) in [5.41, 5.74) is 0.814. The predicted octanol–water partition coefficient (Wildman–Crippen LogP) is 3.94. The Bertz CT molecular complexity index is 690. The second-order valence-electron chi connectivity index (χ2n) is 7.98. The molecule has 1 atom stereocenters. The SMILES string of the molecule is CC(C)(C)c1ccc(=O)n(CN[C@@H](c2cccs2)C(C)(C)C)n1. The third-order valence-corrected chi connectivity index (χ3v) is 4.71. The van der Waals surface area contributed by atoms with Crippen molar-refractivity contribution in [1.29, 1.82) is 0 Å². The third kappa shape index (κ3) is 4.52. The Balaban J connectivity index is 2.23. The van der Waals surface area contributed by atoms with Gasteiger partial charge in [-0.25, -0.2) is 4.68 Å². The normalized spacial score (nSPS) is 14.0. The lowest BCUT2D eigenvalue weighted by molar-refractivity contribution is 0.252. The molecule has 0 saturated carbocycles. The van der Waals surface area contributed by atoms with Gasteiger partial charge in [0.1, 0.15) is 0 Å². The standard InChI is InChI=1S/C18H27N3OS/c1-17(2,3)14-9-10-15(22)21(20-14)12-19-16(18(4,5)6)13-8-7-11-23-13/h7-11,16,19H,12H2,1-6H3/t16-/m0/s1. The molecule has 0 aliphatic carbocycles. The molecule has 0 aromatic carbocycles. The third-order valence-electron chi connectivity index (χ3n) is 3.77.